The van der Waals surface area contributed by atoms with Gasteiger partial charge in [-0.25, -0.2) is 9.18 Å². The van der Waals surface area contributed by atoms with Crippen molar-refractivity contribution in [3.05, 3.63) is 0 Å². The summed E-state index contributed by atoms with van der Waals surface area (Å²) in [4.78, 5) is 125. The molecule has 0 aromatic carbocycles. The molecule has 338 valence electrons. The minimum atomic E-state index is -1.59. The lowest BCUT2D eigenvalue weighted by atomic mass is 10.0. The standard InChI is InChI=1S/C38H60FN7O13S/c1-21(2)33(37(55)43-23(26(47)19-39)17-31(51)58-4)45-35(53)22(14-15-30(50)57-3)42-36(54)24(18-32(52)59-5)41-29(49)13-7-6-10-16-40-28(48)12-9-8-11-27-34-25(20-60-27)44-38(56)46-34/h21-25,27,33-34H,6-20H2,1-5H3,(H,40,48)(H,41,49)(H,42,54)(H,43,55)(H,45,53)(H2,44,46,56). The van der Waals surface area contributed by atoms with Crippen molar-refractivity contribution in [2.75, 3.05) is 40.3 Å². The molecule has 0 spiro atoms. The van der Waals surface area contributed by atoms with Crippen molar-refractivity contribution in [1.29, 1.82) is 0 Å². The third kappa shape index (κ3) is 18.1. The number of Topliss-reactive ketones (excluding diaryl/α,β-unsaturated/α-hetero) is 1. The van der Waals surface area contributed by atoms with Crippen molar-refractivity contribution in [3.8, 4) is 0 Å². The maximum absolute atomic E-state index is 13.6. The molecule has 2 heterocycles. The highest BCUT2D eigenvalue weighted by molar-refractivity contribution is 8.00. The number of amides is 7. The molecule has 20 nitrogen and oxygen atoms in total. The summed E-state index contributed by atoms with van der Waals surface area (Å²) in [5.74, 6) is -6.91. The number of unbranched alkanes of at least 4 members (excludes halogenated alkanes) is 3. The molecular weight excluding hydrogens is 814 g/mol. The Hall–Kier alpha value is -5.02. The highest BCUT2D eigenvalue weighted by Crippen LogP contribution is 2.33. The Morgan fingerprint density at radius 3 is 1.93 bits per heavy atom. The van der Waals surface area contributed by atoms with Gasteiger partial charge in [0.1, 0.15) is 30.8 Å². The third-order valence-electron chi connectivity index (χ3n) is 9.91. The summed E-state index contributed by atoms with van der Waals surface area (Å²) >= 11 is 1.83. The topological polar surface area (TPSA) is 283 Å². The number of hydrogen-bond donors (Lipinski definition) is 7. The lowest BCUT2D eigenvalue weighted by Crippen LogP contribution is -2.59. The Morgan fingerprint density at radius 2 is 1.30 bits per heavy atom. The number of carbonyl (C=O) groups is 10. The predicted molar refractivity (Wildman–Crippen MR) is 213 cm³/mol. The third-order valence-corrected chi connectivity index (χ3v) is 11.4. The molecule has 0 aliphatic carbocycles. The lowest BCUT2D eigenvalue weighted by molar-refractivity contribution is -0.144. The van der Waals surface area contributed by atoms with Gasteiger partial charge in [-0.1, -0.05) is 26.7 Å². The highest BCUT2D eigenvalue weighted by atomic mass is 32.2. The van der Waals surface area contributed by atoms with Crippen molar-refractivity contribution in [1.82, 2.24) is 37.2 Å². The van der Waals surface area contributed by atoms with Crippen LogP contribution in [0.1, 0.15) is 90.9 Å². The quantitative estimate of drug-likeness (QED) is 0.0228. The van der Waals surface area contributed by atoms with E-state index in [1.165, 1.54) is 0 Å². The number of ketones is 1. The van der Waals surface area contributed by atoms with E-state index in [4.69, 9.17) is 0 Å². The lowest BCUT2D eigenvalue weighted by Gasteiger charge is -2.27. The van der Waals surface area contributed by atoms with Crippen LogP contribution in [0, 0.1) is 5.92 Å². The van der Waals surface area contributed by atoms with Crippen molar-refractivity contribution in [2.24, 2.45) is 5.92 Å². The Bertz CT molecular complexity index is 1540. The summed E-state index contributed by atoms with van der Waals surface area (Å²) in [6, 6.07) is -5.82. The fourth-order valence-electron chi connectivity index (χ4n) is 6.45. The fraction of sp³-hybridized carbons (Fsp3) is 0.737. The Morgan fingerprint density at radius 1 is 0.700 bits per heavy atom. The van der Waals surface area contributed by atoms with Crippen LogP contribution in [0.2, 0.25) is 0 Å². The van der Waals surface area contributed by atoms with Gasteiger partial charge in [0.05, 0.1) is 46.3 Å². The van der Waals surface area contributed by atoms with Gasteiger partial charge < -0.3 is 51.4 Å². The second-order valence-corrected chi connectivity index (χ2v) is 16.0. The zero-order valence-electron chi connectivity index (χ0n) is 34.8. The molecule has 2 rings (SSSR count). The van der Waals surface area contributed by atoms with Crippen LogP contribution in [0.4, 0.5) is 9.18 Å². The molecule has 2 fully saturated rings. The van der Waals surface area contributed by atoms with Gasteiger partial charge in [-0.2, -0.15) is 11.8 Å². The number of hydrogen-bond acceptors (Lipinski definition) is 14. The monoisotopic (exact) mass is 873 g/mol. The number of urea groups is 1. The van der Waals surface area contributed by atoms with E-state index < -0.39 is 96.9 Å². The summed E-state index contributed by atoms with van der Waals surface area (Å²) in [7, 11) is 3.24. The first kappa shape index (κ1) is 51.1. The van der Waals surface area contributed by atoms with Gasteiger partial charge in [0, 0.05) is 36.8 Å². The van der Waals surface area contributed by atoms with Gasteiger partial charge in [0.25, 0.3) is 0 Å². The van der Waals surface area contributed by atoms with Gasteiger partial charge in [0.2, 0.25) is 29.5 Å². The molecule has 2 saturated heterocycles. The molecular formula is C38H60FN7O13S. The molecule has 0 bridgehead atoms. The van der Waals surface area contributed by atoms with Crippen molar-refractivity contribution >= 4 is 71.0 Å². The summed E-state index contributed by atoms with van der Waals surface area (Å²) in [6.07, 6.45) is 2.40. The van der Waals surface area contributed by atoms with E-state index in [0.29, 0.717) is 37.5 Å². The van der Waals surface area contributed by atoms with Crippen LogP contribution >= 0.6 is 11.8 Å². The van der Waals surface area contributed by atoms with Gasteiger partial charge in [-0.15, -0.1) is 0 Å². The molecule has 0 radical (unpaired) electrons. The first-order valence-corrected chi connectivity index (χ1v) is 21.0. The van der Waals surface area contributed by atoms with Crippen molar-refractivity contribution < 1.29 is 66.5 Å². The van der Waals surface area contributed by atoms with Crippen LogP contribution in [0.3, 0.4) is 0 Å². The number of carbonyl (C=O) groups excluding carboxylic acids is 10. The molecule has 0 aromatic rings. The number of thioether (sulfide) groups is 1. The second kappa shape index (κ2) is 27.0. The fourth-order valence-corrected chi connectivity index (χ4v) is 7.99. The van der Waals surface area contributed by atoms with Crippen LogP contribution < -0.4 is 37.2 Å². The molecule has 0 aromatic heterocycles. The average Bonchev–Trinajstić information content (AvgIpc) is 3.78. The largest absolute Gasteiger partial charge is 0.469 e. The Kier molecular flexibility index (Phi) is 23.0. The first-order chi connectivity index (χ1) is 28.5. The number of alkyl halides is 1. The van der Waals surface area contributed by atoms with E-state index in [-0.39, 0.29) is 43.3 Å². The summed E-state index contributed by atoms with van der Waals surface area (Å²) in [5, 5.41) is 18.7. The van der Waals surface area contributed by atoms with Crippen LogP contribution in [0.25, 0.3) is 0 Å². The number of nitrogens with one attached hydrogen (secondary N) is 7. The Labute approximate surface area is 352 Å². The van der Waals surface area contributed by atoms with Gasteiger partial charge >= 0.3 is 23.9 Å². The van der Waals surface area contributed by atoms with Gasteiger partial charge in [0.15, 0.2) is 5.78 Å². The van der Waals surface area contributed by atoms with E-state index in [9.17, 15) is 52.3 Å². The zero-order valence-corrected chi connectivity index (χ0v) is 35.6. The smallest absolute Gasteiger partial charge is 0.315 e. The van der Waals surface area contributed by atoms with Crippen LogP contribution in [-0.2, 0) is 57.4 Å². The van der Waals surface area contributed by atoms with Crippen molar-refractivity contribution in [3.63, 3.8) is 0 Å². The number of esters is 3. The molecule has 2 aliphatic heterocycles. The van der Waals surface area contributed by atoms with Crippen LogP contribution in [0.5, 0.6) is 0 Å². The normalized spacial score (nSPS) is 18.6. The van der Waals surface area contributed by atoms with Crippen molar-refractivity contribution in [2.45, 2.75) is 132 Å². The summed E-state index contributed by atoms with van der Waals surface area (Å²) in [5.41, 5.74) is 0. The second-order valence-electron chi connectivity index (χ2n) is 14.8. The molecule has 60 heavy (non-hydrogen) atoms. The highest BCUT2D eigenvalue weighted by Gasteiger charge is 2.42. The van der Waals surface area contributed by atoms with E-state index >= 15 is 0 Å². The molecule has 7 unspecified atom stereocenters. The van der Waals surface area contributed by atoms with Crippen LogP contribution in [-0.4, -0.2) is 141 Å². The zero-order chi connectivity index (χ0) is 44.8. The number of ether oxygens (including phenoxy) is 3. The van der Waals surface area contributed by atoms with Crippen LogP contribution in [0.15, 0.2) is 0 Å². The number of fused-ring (bicyclic) bond motifs is 1. The predicted octanol–water partition coefficient (Wildman–Crippen LogP) is -0.398. The minimum Gasteiger partial charge on any atom is -0.469 e. The van der Waals surface area contributed by atoms with E-state index in [2.05, 4.69) is 51.4 Å². The minimum absolute atomic E-state index is 0.0325. The van der Waals surface area contributed by atoms with Gasteiger partial charge in [-0.3, -0.25) is 43.2 Å². The molecule has 0 saturated carbocycles. The number of rotatable bonds is 28. The molecule has 22 heteroatoms. The molecule has 7 N–H and O–H groups in total. The maximum atomic E-state index is 13.6. The maximum Gasteiger partial charge on any atom is 0.315 e. The molecule has 7 atom stereocenters. The van der Waals surface area contributed by atoms with E-state index in [0.717, 1.165) is 46.3 Å². The molecule has 2 aliphatic rings. The first-order valence-electron chi connectivity index (χ1n) is 20.0. The average molecular weight is 874 g/mol. The summed E-state index contributed by atoms with van der Waals surface area (Å²) in [6.45, 7) is 2.01. The van der Waals surface area contributed by atoms with Gasteiger partial charge in [-0.05, 0) is 38.0 Å². The number of methoxy groups -OCH3 is 3. The SMILES string of the molecule is COC(=O)CCC(NC(=O)C(CC(=O)OC)NC(=O)CCCCCNC(=O)CCCCC1SCC2NC(=O)NC21)C(=O)NC(C(=O)NC(CC(=O)OC)C(=O)CF)C(C)C. The van der Waals surface area contributed by atoms with E-state index in [1.54, 1.807) is 13.8 Å². The Balaban J connectivity index is 1.92. The summed E-state index contributed by atoms with van der Waals surface area (Å²) < 4.78 is 27.1. The van der Waals surface area contributed by atoms with E-state index in [1.807, 2.05) is 11.8 Å². The number of halogens is 1. The molecule has 7 amide bonds.